The molecule has 1 aliphatic rings. The molecule has 1 saturated heterocycles. The average Bonchev–Trinajstić information content (AvgIpc) is 2.50. The number of benzene rings is 1. The summed E-state index contributed by atoms with van der Waals surface area (Å²) in [4.78, 5) is 0. The summed E-state index contributed by atoms with van der Waals surface area (Å²) in [5, 5.41) is 0. The molecule has 16 heavy (non-hydrogen) atoms. The summed E-state index contributed by atoms with van der Waals surface area (Å²) in [7, 11) is -3.05. The van der Waals surface area contributed by atoms with Crippen LogP contribution in [0.2, 0.25) is 0 Å². The summed E-state index contributed by atoms with van der Waals surface area (Å²) in [5.74, 6) is 0.253. The van der Waals surface area contributed by atoms with Crippen molar-refractivity contribution in [2.24, 2.45) is 0 Å². The third-order valence-corrected chi connectivity index (χ3v) is 5.05. The van der Waals surface area contributed by atoms with E-state index in [0.717, 1.165) is 10.0 Å². The highest BCUT2D eigenvalue weighted by Gasteiger charge is 2.28. The second-order valence-corrected chi connectivity index (χ2v) is 6.85. The maximum Gasteiger partial charge on any atom is 0.214 e. The van der Waals surface area contributed by atoms with Crippen molar-refractivity contribution in [1.82, 2.24) is 4.31 Å². The number of hydrogen-bond donors (Lipinski definition) is 1. The molecule has 0 saturated carbocycles. The molecule has 1 fully saturated rings. The highest BCUT2D eigenvalue weighted by Crippen LogP contribution is 2.23. The van der Waals surface area contributed by atoms with Crippen LogP contribution in [0, 0.1) is 0 Å². The van der Waals surface area contributed by atoms with Gasteiger partial charge in [-0.2, -0.15) is 4.31 Å². The summed E-state index contributed by atoms with van der Waals surface area (Å²) < 4.78 is 25.6. The van der Waals surface area contributed by atoms with Crippen LogP contribution < -0.4 is 5.73 Å². The van der Waals surface area contributed by atoms with Crippen LogP contribution in [0.5, 0.6) is 0 Å². The highest BCUT2D eigenvalue weighted by atomic mass is 79.9. The lowest BCUT2D eigenvalue weighted by atomic mass is 10.2. The standard InChI is InChI=1S/C10H13BrN2O2S/c11-9-3-2-8(10(12)6-9)7-13-4-1-5-16(13,14)15/h2-3,6H,1,4-5,7,12H2. The van der Waals surface area contributed by atoms with Gasteiger partial charge in [0, 0.05) is 23.2 Å². The van der Waals surface area contributed by atoms with Gasteiger partial charge in [0.1, 0.15) is 0 Å². The summed E-state index contributed by atoms with van der Waals surface area (Å²) in [6.07, 6.45) is 0.707. The minimum Gasteiger partial charge on any atom is -0.398 e. The fourth-order valence-corrected chi connectivity index (χ4v) is 3.64. The molecule has 4 nitrogen and oxygen atoms in total. The molecule has 0 unspecified atom stereocenters. The minimum absolute atomic E-state index is 0.253. The van der Waals surface area contributed by atoms with Gasteiger partial charge in [-0.1, -0.05) is 22.0 Å². The molecule has 0 bridgehead atoms. The van der Waals surface area contributed by atoms with Crippen LogP contribution in [0.3, 0.4) is 0 Å². The fourth-order valence-electron chi connectivity index (χ4n) is 1.77. The molecule has 2 rings (SSSR count). The van der Waals surface area contributed by atoms with Gasteiger partial charge in [0.15, 0.2) is 0 Å². The summed E-state index contributed by atoms with van der Waals surface area (Å²) in [5.41, 5.74) is 7.31. The zero-order valence-corrected chi connectivity index (χ0v) is 11.1. The quantitative estimate of drug-likeness (QED) is 0.844. The lowest BCUT2D eigenvalue weighted by Crippen LogP contribution is -2.25. The van der Waals surface area contributed by atoms with Crippen LogP contribution in [0.25, 0.3) is 0 Å². The first kappa shape index (κ1) is 11.9. The van der Waals surface area contributed by atoms with Crippen molar-refractivity contribution in [3.8, 4) is 0 Å². The lowest BCUT2D eigenvalue weighted by Gasteiger charge is -2.15. The normalized spacial score (nSPS) is 20.1. The van der Waals surface area contributed by atoms with Crippen molar-refractivity contribution in [2.75, 3.05) is 18.0 Å². The first-order valence-electron chi connectivity index (χ1n) is 5.01. The Hall–Kier alpha value is -0.590. The lowest BCUT2D eigenvalue weighted by molar-refractivity contribution is 0.440. The smallest absolute Gasteiger partial charge is 0.214 e. The number of halogens is 1. The molecule has 6 heteroatoms. The van der Waals surface area contributed by atoms with Gasteiger partial charge in [0.25, 0.3) is 0 Å². The van der Waals surface area contributed by atoms with E-state index >= 15 is 0 Å². The molecular weight excluding hydrogens is 292 g/mol. The second-order valence-electron chi connectivity index (χ2n) is 3.85. The van der Waals surface area contributed by atoms with Crippen LogP contribution in [0.4, 0.5) is 5.69 Å². The number of rotatable bonds is 2. The summed E-state index contributed by atoms with van der Waals surface area (Å²) >= 11 is 3.32. The third-order valence-electron chi connectivity index (χ3n) is 2.66. The molecule has 0 aliphatic carbocycles. The number of hydrogen-bond acceptors (Lipinski definition) is 3. The van der Waals surface area contributed by atoms with Crippen LogP contribution >= 0.6 is 15.9 Å². The Morgan fingerprint density at radius 1 is 1.44 bits per heavy atom. The van der Waals surface area contributed by atoms with E-state index in [2.05, 4.69) is 15.9 Å². The molecule has 0 spiro atoms. The first-order chi connectivity index (χ1) is 7.49. The van der Waals surface area contributed by atoms with Gasteiger partial charge < -0.3 is 5.73 Å². The number of nitrogen functional groups attached to an aromatic ring is 1. The van der Waals surface area contributed by atoms with Crippen molar-refractivity contribution < 1.29 is 8.42 Å². The van der Waals surface area contributed by atoms with Crippen molar-refractivity contribution >= 4 is 31.6 Å². The molecule has 1 aromatic carbocycles. The maximum absolute atomic E-state index is 11.6. The minimum atomic E-state index is -3.05. The molecule has 0 aromatic heterocycles. The Kier molecular flexibility index (Phi) is 3.23. The van der Waals surface area contributed by atoms with E-state index in [1.165, 1.54) is 4.31 Å². The second kappa shape index (κ2) is 4.35. The number of nitrogens with two attached hydrogens (primary N) is 1. The predicted molar refractivity (Wildman–Crippen MR) is 67.4 cm³/mol. The van der Waals surface area contributed by atoms with Gasteiger partial charge in [-0.15, -0.1) is 0 Å². The molecular formula is C10H13BrN2O2S. The Morgan fingerprint density at radius 3 is 2.75 bits per heavy atom. The van der Waals surface area contributed by atoms with E-state index in [0.29, 0.717) is 25.2 Å². The van der Waals surface area contributed by atoms with Gasteiger partial charge in [0.05, 0.1) is 5.75 Å². The summed E-state index contributed by atoms with van der Waals surface area (Å²) in [6.45, 7) is 0.972. The third kappa shape index (κ3) is 2.39. The van der Waals surface area contributed by atoms with Crippen LogP contribution in [-0.2, 0) is 16.6 Å². The number of nitrogens with zero attached hydrogens (tertiary/aromatic N) is 1. The van der Waals surface area contributed by atoms with Crippen LogP contribution in [0.1, 0.15) is 12.0 Å². The van der Waals surface area contributed by atoms with Crippen LogP contribution in [0.15, 0.2) is 22.7 Å². The molecule has 1 aromatic rings. The van der Waals surface area contributed by atoms with E-state index in [9.17, 15) is 8.42 Å². The van der Waals surface area contributed by atoms with Gasteiger partial charge in [-0.3, -0.25) is 0 Å². The van der Waals surface area contributed by atoms with Gasteiger partial charge in [-0.25, -0.2) is 8.42 Å². The topological polar surface area (TPSA) is 63.4 Å². The zero-order chi connectivity index (χ0) is 11.8. The first-order valence-corrected chi connectivity index (χ1v) is 7.41. The van der Waals surface area contributed by atoms with E-state index in [4.69, 9.17) is 5.73 Å². The molecule has 0 atom stereocenters. The molecule has 0 amide bonds. The Morgan fingerprint density at radius 2 is 2.19 bits per heavy atom. The van der Waals surface area contributed by atoms with Crippen LogP contribution in [-0.4, -0.2) is 25.0 Å². The Labute approximate surface area is 104 Å². The zero-order valence-electron chi connectivity index (χ0n) is 8.69. The highest BCUT2D eigenvalue weighted by molar-refractivity contribution is 9.10. The molecule has 1 heterocycles. The van der Waals surface area contributed by atoms with E-state index < -0.39 is 10.0 Å². The summed E-state index contributed by atoms with van der Waals surface area (Å²) in [6, 6.07) is 5.51. The molecule has 88 valence electrons. The fraction of sp³-hybridized carbons (Fsp3) is 0.400. The van der Waals surface area contributed by atoms with Crippen molar-refractivity contribution in [1.29, 1.82) is 0 Å². The molecule has 1 aliphatic heterocycles. The van der Waals surface area contributed by atoms with Crippen molar-refractivity contribution in [3.05, 3.63) is 28.2 Å². The van der Waals surface area contributed by atoms with E-state index in [-0.39, 0.29) is 5.75 Å². The number of anilines is 1. The van der Waals surface area contributed by atoms with Gasteiger partial charge in [-0.05, 0) is 24.1 Å². The van der Waals surface area contributed by atoms with E-state index in [1.807, 2.05) is 12.1 Å². The predicted octanol–water partition coefficient (Wildman–Crippen LogP) is 1.57. The Bertz CT molecular complexity index is 502. The monoisotopic (exact) mass is 304 g/mol. The van der Waals surface area contributed by atoms with Crippen molar-refractivity contribution in [2.45, 2.75) is 13.0 Å². The Balaban J connectivity index is 2.21. The SMILES string of the molecule is Nc1cc(Br)ccc1CN1CCCS1(=O)=O. The van der Waals surface area contributed by atoms with E-state index in [1.54, 1.807) is 6.07 Å². The number of sulfonamides is 1. The van der Waals surface area contributed by atoms with Crippen molar-refractivity contribution in [3.63, 3.8) is 0 Å². The van der Waals surface area contributed by atoms with Gasteiger partial charge in [0.2, 0.25) is 10.0 Å². The molecule has 2 N–H and O–H groups in total. The maximum atomic E-state index is 11.6. The van der Waals surface area contributed by atoms with Gasteiger partial charge >= 0.3 is 0 Å². The molecule has 0 radical (unpaired) electrons. The largest absolute Gasteiger partial charge is 0.398 e. The average molecular weight is 305 g/mol.